The summed E-state index contributed by atoms with van der Waals surface area (Å²) in [5.74, 6) is -0.0543. The molecule has 0 unspecified atom stereocenters. The summed E-state index contributed by atoms with van der Waals surface area (Å²) in [5, 5.41) is 15.2. The largest absolute Gasteiger partial charge is 0.496 e. The quantitative estimate of drug-likeness (QED) is 0.339. The number of nitro groups is 1. The van der Waals surface area contributed by atoms with Gasteiger partial charge in [-0.15, -0.1) is 0 Å². The van der Waals surface area contributed by atoms with Crippen LogP contribution < -0.4 is 10.2 Å². The minimum absolute atomic E-state index is 0.0809. The summed E-state index contributed by atoms with van der Waals surface area (Å²) < 4.78 is 10.6. The molecular formula is C16H14BrN3O5. The molecule has 0 bridgehead atoms. The highest BCUT2D eigenvalue weighted by atomic mass is 79.9. The fraction of sp³-hybridized carbons (Fsp3) is 0.125. The first kappa shape index (κ1) is 18.4. The third-order valence-electron chi connectivity index (χ3n) is 3.20. The van der Waals surface area contributed by atoms with E-state index < -0.39 is 10.9 Å². The fourth-order valence-electron chi connectivity index (χ4n) is 2.00. The van der Waals surface area contributed by atoms with E-state index in [1.165, 1.54) is 32.6 Å². The molecule has 0 saturated heterocycles. The molecule has 0 aromatic heterocycles. The van der Waals surface area contributed by atoms with Gasteiger partial charge in [0, 0.05) is 16.1 Å². The van der Waals surface area contributed by atoms with Crippen molar-refractivity contribution in [2.45, 2.75) is 0 Å². The van der Waals surface area contributed by atoms with Gasteiger partial charge in [0.15, 0.2) is 0 Å². The van der Waals surface area contributed by atoms with Gasteiger partial charge in [0.2, 0.25) is 0 Å². The Morgan fingerprint density at radius 3 is 2.68 bits per heavy atom. The average molecular weight is 408 g/mol. The highest BCUT2D eigenvalue weighted by molar-refractivity contribution is 9.10. The molecule has 0 fully saturated rings. The molecule has 25 heavy (non-hydrogen) atoms. The van der Waals surface area contributed by atoms with Crippen LogP contribution in [0.5, 0.6) is 5.75 Å². The van der Waals surface area contributed by atoms with Crippen LogP contribution in [-0.4, -0.2) is 31.3 Å². The number of halogens is 1. The van der Waals surface area contributed by atoms with Crippen molar-refractivity contribution in [3.8, 4) is 5.75 Å². The molecule has 1 N–H and O–H groups in total. The molecule has 0 aliphatic heterocycles. The Labute approximate surface area is 151 Å². The van der Waals surface area contributed by atoms with Gasteiger partial charge in [0.1, 0.15) is 11.4 Å². The highest BCUT2D eigenvalue weighted by Gasteiger charge is 2.17. The number of hydrogen-bond acceptors (Lipinski definition) is 7. The molecule has 0 saturated carbocycles. The van der Waals surface area contributed by atoms with Crippen molar-refractivity contribution >= 4 is 39.5 Å². The Kier molecular flexibility index (Phi) is 6.07. The summed E-state index contributed by atoms with van der Waals surface area (Å²) in [6, 6.07) is 9.30. The fourth-order valence-corrected chi connectivity index (χ4v) is 2.38. The summed E-state index contributed by atoms with van der Waals surface area (Å²) in [7, 11) is 2.74. The predicted molar refractivity (Wildman–Crippen MR) is 96.3 cm³/mol. The summed E-state index contributed by atoms with van der Waals surface area (Å²) in [6.07, 6.45) is 1.47. The van der Waals surface area contributed by atoms with Crippen LogP contribution in [-0.2, 0) is 4.74 Å². The number of ether oxygens (including phenoxy) is 2. The highest BCUT2D eigenvalue weighted by Crippen LogP contribution is 2.26. The summed E-state index contributed by atoms with van der Waals surface area (Å²) in [4.78, 5) is 22.1. The van der Waals surface area contributed by atoms with Gasteiger partial charge in [0.25, 0.3) is 5.69 Å². The number of carbonyl (C=O) groups excluding carboxylic acids is 1. The van der Waals surface area contributed by atoms with Crippen LogP contribution in [0.2, 0.25) is 0 Å². The third kappa shape index (κ3) is 4.54. The zero-order chi connectivity index (χ0) is 18.4. The van der Waals surface area contributed by atoms with Gasteiger partial charge in [-0.05, 0) is 30.3 Å². The molecule has 130 valence electrons. The molecule has 0 aliphatic carbocycles. The minimum atomic E-state index is -0.656. The lowest BCUT2D eigenvalue weighted by molar-refractivity contribution is -0.384. The molecule has 2 rings (SSSR count). The Hall–Kier alpha value is -2.94. The van der Waals surface area contributed by atoms with Crippen molar-refractivity contribution < 1.29 is 19.2 Å². The first-order valence-electron chi connectivity index (χ1n) is 6.95. The molecule has 2 aromatic rings. The summed E-state index contributed by atoms with van der Waals surface area (Å²) >= 11 is 3.35. The van der Waals surface area contributed by atoms with Gasteiger partial charge in [-0.1, -0.05) is 15.9 Å². The number of methoxy groups -OCH3 is 2. The van der Waals surface area contributed by atoms with Crippen molar-refractivity contribution in [1.29, 1.82) is 0 Å². The van der Waals surface area contributed by atoms with E-state index in [1.54, 1.807) is 12.1 Å². The lowest BCUT2D eigenvalue weighted by atomic mass is 10.2. The average Bonchev–Trinajstić information content (AvgIpc) is 2.61. The molecule has 0 spiro atoms. The van der Waals surface area contributed by atoms with Gasteiger partial charge >= 0.3 is 5.97 Å². The first-order chi connectivity index (χ1) is 12.0. The zero-order valence-electron chi connectivity index (χ0n) is 13.4. The zero-order valence-corrected chi connectivity index (χ0v) is 14.9. The molecule has 0 aliphatic rings. The molecule has 0 amide bonds. The lowest BCUT2D eigenvalue weighted by Crippen LogP contribution is -2.04. The predicted octanol–water partition coefficient (Wildman–Crippen LogP) is 3.60. The lowest BCUT2D eigenvalue weighted by Gasteiger charge is -2.06. The molecule has 2 aromatic carbocycles. The van der Waals surface area contributed by atoms with Crippen molar-refractivity contribution in [3.05, 3.63) is 62.1 Å². The maximum atomic E-state index is 11.5. The van der Waals surface area contributed by atoms with E-state index in [9.17, 15) is 14.9 Å². The number of anilines is 1. The van der Waals surface area contributed by atoms with E-state index >= 15 is 0 Å². The Balaban J connectivity index is 2.27. The first-order valence-corrected chi connectivity index (χ1v) is 7.75. The van der Waals surface area contributed by atoms with Gasteiger partial charge in [-0.2, -0.15) is 5.10 Å². The van der Waals surface area contributed by atoms with Gasteiger partial charge in [-0.3, -0.25) is 15.5 Å². The molecule has 0 atom stereocenters. The van der Waals surface area contributed by atoms with Crippen molar-refractivity contribution in [3.63, 3.8) is 0 Å². The molecule has 8 nitrogen and oxygen atoms in total. The van der Waals surface area contributed by atoms with E-state index in [0.717, 1.165) is 10.5 Å². The number of hydrazone groups is 1. The number of nitrogens with zero attached hydrogens (tertiary/aromatic N) is 2. The molecule has 9 heteroatoms. The molecule has 0 heterocycles. The van der Waals surface area contributed by atoms with E-state index in [4.69, 9.17) is 4.74 Å². The van der Waals surface area contributed by atoms with Crippen molar-refractivity contribution in [1.82, 2.24) is 0 Å². The number of carbonyl (C=O) groups is 1. The normalized spacial score (nSPS) is 10.5. The maximum Gasteiger partial charge on any atom is 0.338 e. The second-order valence-corrected chi connectivity index (χ2v) is 5.65. The van der Waals surface area contributed by atoms with Crippen LogP contribution in [0.1, 0.15) is 15.9 Å². The second-order valence-electron chi connectivity index (χ2n) is 4.74. The SMILES string of the molecule is COC(=O)c1ccc(N/N=C/c2cc(Br)ccc2OC)c([N+](=O)[O-])c1. The number of esters is 1. The van der Waals surface area contributed by atoms with Gasteiger partial charge in [0.05, 0.1) is 30.9 Å². The van der Waals surface area contributed by atoms with Crippen LogP contribution in [0.25, 0.3) is 0 Å². The minimum Gasteiger partial charge on any atom is -0.496 e. The smallest absolute Gasteiger partial charge is 0.338 e. The Bertz CT molecular complexity index is 839. The van der Waals surface area contributed by atoms with Crippen LogP contribution >= 0.6 is 15.9 Å². The Morgan fingerprint density at radius 1 is 1.28 bits per heavy atom. The molecule has 0 radical (unpaired) electrons. The van der Waals surface area contributed by atoms with Crippen LogP contribution in [0.4, 0.5) is 11.4 Å². The summed E-state index contributed by atoms with van der Waals surface area (Å²) in [6.45, 7) is 0. The Morgan fingerprint density at radius 2 is 2.04 bits per heavy atom. The standard InChI is InChI=1S/C16H14BrN3O5/c1-24-15-6-4-12(17)7-11(15)9-18-19-13-5-3-10(16(21)25-2)8-14(13)20(22)23/h3-9,19H,1-2H3/b18-9+. The number of benzene rings is 2. The topological polar surface area (TPSA) is 103 Å². The summed E-state index contributed by atoms with van der Waals surface area (Å²) in [5.41, 5.74) is 3.21. The van der Waals surface area contributed by atoms with Crippen molar-refractivity contribution in [2.75, 3.05) is 19.6 Å². The molecular weight excluding hydrogens is 394 g/mol. The van der Waals surface area contributed by atoms with E-state index in [2.05, 4.69) is 31.2 Å². The van der Waals surface area contributed by atoms with Crippen LogP contribution in [0.3, 0.4) is 0 Å². The van der Waals surface area contributed by atoms with E-state index in [0.29, 0.717) is 11.3 Å². The second kappa shape index (κ2) is 8.25. The van der Waals surface area contributed by atoms with E-state index in [1.807, 2.05) is 6.07 Å². The number of rotatable bonds is 6. The number of hydrogen-bond donors (Lipinski definition) is 1. The van der Waals surface area contributed by atoms with Gasteiger partial charge in [-0.25, -0.2) is 4.79 Å². The monoisotopic (exact) mass is 407 g/mol. The third-order valence-corrected chi connectivity index (χ3v) is 3.69. The maximum absolute atomic E-state index is 11.5. The van der Waals surface area contributed by atoms with Crippen molar-refractivity contribution in [2.24, 2.45) is 5.10 Å². The van der Waals surface area contributed by atoms with E-state index in [-0.39, 0.29) is 16.9 Å². The number of nitro benzene ring substituents is 1. The van der Waals surface area contributed by atoms with Gasteiger partial charge < -0.3 is 9.47 Å². The van der Waals surface area contributed by atoms with Crippen LogP contribution in [0.15, 0.2) is 46.0 Å². The number of nitrogens with one attached hydrogen (secondary N) is 1. The van der Waals surface area contributed by atoms with Crippen LogP contribution in [0, 0.1) is 10.1 Å².